The van der Waals surface area contributed by atoms with Crippen molar-refractivity contribution in [2.75, 3.05) is 38.7 Å². The molecule has 0 fully saturated rings. The van der Waals surface area contributed by atoms with Crippen LogP contribution in [-0.2, 0) is 21.2 Å². The molecule has 9 nitrogen and oxygen atoms in total. The number of carbonyl (C=O) groups is 1. The minimum atomic E-state index is -3.52. The van der Waals surface area contributed by atoms with Gasteiger partial charge >= 0.3 is 0 Å². The molecule has 2 atom stereocenters. The van der Waals surface area contributed by atoms with E-state index in [1.54, 1.807) is 0 Å². The van der Waals surface area contributed by atoms with E-state index < -0.39 is 28.1 Å². The van der Waals surface area contributed by atoms with Crippen LogP contribution in [0.5, 0.6) is 11.5 Å². The molecule has 200 valence electrons. The summed E-state index contributed by atoms with van der Waals surface area (Å²) in [5, 5.41) is 17.0. The largest absolute Gasteiger partial charge is 0.454 e. The van der Waals surface area contributed by atoms with Gasteiger partial charge in [-0.2, -0.15) is 0 Å². The quantitative estimate of drug-likeness (QED) is 0.274. The smallest absolute Gasteiger partial charge is 0.231 e. The first kappa shape index (κ1) is 29.4. The van der Waals surface area contributed by atoms with E-state index in [0.29, 0.717) is 43.5 Å². The number of nitrogens with zero attached hydrogens (tertiary/aromatic N) is 1. The highest BCUT2D eigenvalue weighted by Gasteiger charge is 2.26. The van der Waals surface area contributed by atoms with Gasteiger partial charge in [-0.15, -0.1) is 0 Å². The van der Waals surface area contributed by atoms with Crippen LogP contribution in [0.1, 0.15) is 58.9 Å². The molecule has 0 aromatic heterocycles. The van der Waals surface area contributed by atoms with Gasteiger partial charge in [0.2, 0.25) is 22.7 Å². The first-order valence-corrected chi connectivity index (χ1v) is 14.3. The van der Waals surface area contributed by atoms with Crippen LogP contribution in [0.4, 0.5) is 0 Å². The Morgan fingerprint density at radius 2 is 1.83 bits per heavy atom. The fourth-order valence-electron chi connectivity index (χ4n) is 3.91. The Labute approximate surface area is 210 Å². The number of sulfonamides is 1. The van der Waals surface area contributed by atoms with Crippen molar-refractivity contribution in [1.82, 2.24) is 14.9 Å². The Morgan fingerprint density at radius 3 is 2.49 bits per heavy atom. The van der Waals surface area contributed by atoms with Gasteiger partial charge in [-0.25, -0.2) is 12.7 Å². The van der Waals surface area contributed by atoms with Crippen molar-refractivity contribution in [1.29, 1.82) is 0 Å². The Hall–Kier alpha value is -1.88. The molecule has 0 unspecified atom stereocenters. The lowest BCUT2D eigenvalue weighted by Crippen LogP contribution is -2.49. The highest BCUT2D eigenvalue weighted by Crippen LogP contribution is 2.32. The van der Waals surface area contributed by atoms with Gasteiger partial charge in [0.1, 0.15) is 0 Å². The molecule has 1 aromatic rings. The van der Waals surface area contributed by atoms with Gasteiger partial charge < -0.3 is 25.2 Å². The Morgan fingerprint density at radius 1 is 1.14 bits per heavy atom. The van der Waals surface area contributed by atoms with Crippen molar-refractivity contribution < 1.29 is 27.8 Å². The van der Waals surface area contributed by atoms with Crippen LogP contribution in [-0.4, -0.2) is 74.6 Å². The Bertz CT molecular complexity index is 887. The predicted molar refractivity (Wildman–Crippen MR) is 137 cm³/mol. The van der Waals surface area contributed by atoms with E-state index in [2.05, 4.69) is 24.5 Å². The number of aliphatic hydroxyl groups excluding tert-OH is 1. The summed E-state index contributed by atoms with van der Waals surface area (Å²) in [7, 11) is -3.52. The molecule has 1 aromatic carbocycles. The highest BCUT2D eigenvalue weighted by molar-refractivity contribution is 7.89. The lowest BCUT2D eigenvalue weighted by Gasteiger charge is -2.26. The standard InChI is InChI=1S/C25H43N3O6S/c1-5-12-28(13-6-2)35(31,32)14-10-25(30)27-21(22(29)17-26-11-9-19(3)4)15-20-7-8-23-24(16-20)34-18-33-23/h7-8,16,19,21-22,26,29H,5-6,9-15,17-18H2,1-4H3,(H,27,30)/t21-,22+/m0/s1. The Kier molecular flexibility index (Phi) is 12.3. The second kappa shape index (κ2) is 14.6. The minimum absolute atomic E-state index is 0.155. The van der Waals surface area contributed by atoms with E-state index in [4.69, 9.17) is 9.47 Å². The van der Waals surface area contributed by atoms with Crippen LogP contribution in [0.15, 0.2) is 18.2 Å². The molecular formula is C25H43N3O6S. The maximum atomic E-state index is 12.8. The van der Waals surface area contributed by atoms with Crippen LogP contribution < -0.4 is 20.1 Å². The first-order valence-electron chi connectivity index (χ1n) is 12.7. The zero-order valence-corrected chi connectivity index (χ0v) is 22.4. The van der Waals surface area contributed by atoms with E-state index in [-0.39, 0.29) is 19.0 Å². The lowest BCUT2D eigenvalue weighted by atomic mass is 10.00. The molecular weight excluding hydrogens is 470 g/mol. The molecule has 10 heteroatoms. The molecule has 1 amide bonds. The van der Waals surface area contributed by atoms with E-state index >= 15 is 0 Å². The van der Waals surface area contributed by atoms with Crippen LogP contribution in [0.2, 0.25) is 0 Å². The zero-order chi connectivity index (χ0) is 25.8. The summed E-state index contributed by atoms with van der Waals surface area (Å²) < 4.78 is 37.7. The average Bonchev–Trinajstić information content (AvgIpc) is 3.27. The molecule has 0 saturated carbocycles. The summed E-state index contributed by atoms with van der Waals surface area (Å²) in [4.78, 5) is 12.8. The third kappa shape index (κ3) is 9.95. The van der Waals surface area contributed by atoms with Crippen molar-refractivity contribution >= 4 is 15.9 Å². The molecule has 1 heterocycles. The number of carbonyl (C=O) groups excluding carboxylic acids is 1. The van der Waals surface area contributed by atoms with Crippen LogP contribution in [0, 0.1) is 5.92 Å². The summed E-state index contributed by atoms with van der Waals surface area (Å²) in [5.74, 6) is 1.20. The van der Waals surface area contributed by atoms with Crippen LogP contribution in [0.3, 0.4) is 0 Å². The van der Waals surface area contributed by atoms with E-state index in [0.717, 1.165) is 31.4 Å². The predicted octanol–water partition coefficient (Wildman–Crippen LogP) is 2.28. The molecule has 2 rings (SSSR count). The SMILES string of the molecule is CCCN(CCC)S(=O)(=O)CCC(=O)N[C@@H](Cc1ccc2c(c1)OCO2)[C@H](O)CNCCC(C)C. The van der Waals surface area contributed by atoms with Gasteiger partial charge in [-0.3, -0.25) is 4.79 Å². The molecule has 3 N–H and O–H groups in total. The topological polar surface area (TPSA) is 117 Å². The summed E-state index contributed by atoms with van der Waals surface area (Å²) >= 11 is 0. The van der Waals surface area contributed by atoms with Crippen molar-refractivity contribution in [3.8, 4) is 11.5 Å². The lowest BCUT2D eigenvalue weighted by molar-refractivity contribution is -0.122. The van der Waals surface area contributed by atoms with E-state index in [9.17, 15) is 18.3 Å². The molecule has 0 aliphatic carbocycles. The van der Waals surface area contributed by atoms with Gasteiger partial charge in [0.15, 0.2) is 11.5 Å². The zero-order valence-electron chi connectivity index (χ0n) is 21.6. The number of nitrogens with one attached hydrogen (secondary N) is 2. The van der Waals surface area contributed by atoms with Crippen LogP contribution >= 0.6 is 0 Å². The molecule has 0 bridgehead atoms. The molecule has 0 spiro atoms. The average molecular weight is 514 g/mol. The normalized spacial score (nSPS) is 14.9. The van der Waals surface area contributed by atoms with Crippen molar-refractivity contribution in [2.45, 2.75) is 71.9 Å². The fourth-order valence-corrected chi connectivity index (χ4v) is 5.53. The third-order valence-corrected chi connectivity index (χ3v) is 7.75. The number of rotatable bonds is 17. The summed E-state index contributed by atoms with van der Waals surface area (Å²) in [5.41, 5.74) is 0.880. The maximum Gasteiger partial charge on any atom is 0.231 e. The van der Waals surface area contributed by atoms with E-state index in [1.165, 1.54) is 4.31 Å². The van der Waals surface area contributed by atoms with Gasteiger partial charge in [0.05, 0.1) is 17.9 Å². The maximum absolute atomic E-state index is 12.8. The second-order valence-electron chi connectivity index (χ2n) is 9.48. The van der Waals surface area contributed by atoms with Crippen molar-refractivity contribution in [3.63, 3.8) is 0 Å². The molecule has 35 heavy (non-hydrogen) atoms. The minimum Gasteiger partial charge on any atom is -0.454 e. The summed E-state index contributed by atoms with van der Waals surface area (Å²) in [6.07, 6.45) is 1.80. The monoisotopic (exact) mass is 513 g/mol. The molecule has 1 aliphatic rings. The number of amides is 1. The first-order chi connectivity index (χ1) is 16.7. The molecule has 0 saturated heterocycles. The van der Waals surface area contributed by atoms with Gasteiger partial charge in [0.25, 0.3) is 0 Å². The van der Waals surface area contributed by atoms with Gasteiger partial charge in [-0.1, -0.05) is 33.8 Å². The number of ether oxygens (including phenoxy) is 2. The van der Waals surface area contributed by atoms with Crippen molar-refractivity contribution in [3.05, 3.63) is 23.8 Å². The second-order valence-corrected chi connectivity index (χ2v) is 11.6. The number of fused-ring (bicyclic) bond motifs is 1. The number of aliphatic hydroxyl groups is 1. The summed E-state index contributed by atoms with van der Waals surface area (Å²) in [6, 6.07) is 4.95. The number of hydrogen-bond donors (Lipinski definition) is 3. The Balaban J connectivity index is 2.02. The molecule has 0 radical (unpaired) electrons. The molecule has 1 aliphatic heterocycles. The van der Waals surface area contributed by atoms with E-state index in [1.807, 2.05) is 32.0 Å². The summed E-state index contributed by atoms with van der Waals surface area (Å²) in [6.45, 7) is 10.3. The fraction of sp³-hybridized carbons (Fsp3) is 0.720. The highest BCUT2D eigenvalue weighted by atomic mass is 32.2. The van der Waals surface area contributed by atoms with Crippen molar-refractivity contribution in [2.24, 2.45) is 5.92 Å². The number of benzene rings is 1. The van der Waals surface area contributed by atoms with Gasteiger partial charge in [0, 0.05) is 26.1 Å². The third-order valence-electron chi connectivity index (χ3n) is 5.88. The van der Waals surface area contributed by atoms with Gasteiger partial charge in [-0.05, 0) is 55.8 Å². The number of hydrogen-bond acceptors (Lipinski definition) is 7. The van der Waals surface area contributed by atoms with Crippen LogP contribution in [0.25, 0.3) is 0 Å².